The van der Waals surface area contributed by atoms with Crippen molar-refractivity contribution < 1.29 is 17.9 Å². The van der Waals surface area contributed by atoms with E-state index >= 15 is 0 Å². The highest BCUT2D eigenvalue weighted by atomic mass is 19.3. The van der Waals surface area contributed by atoms with Gasteiger partial charge < -0.3 is 4.74 Å². The molecule has 4 heteroatoms. The Labute approximate surface area is 163 Å². The Hall–Kier alpha value is -2.93. The van der Waals surface area contributed by atoms with Gasteiger partial charge in [0.05, 0.1) is 5.56 Å². The molecule has 0 aliphatic rings. The van der Waals surface area contributed by atoms with Crippen LogP contribution in [0.1, 0.15) is 42.9 Å². The van der Waals surface area contributed by atoms with Crippen LogP contribution < -0.4 is 4.74 Å². The number of hydrogen-bond acceptors (Lipinski definition) is 1. The minimum absolute atomic E-state index is 0.0622. The molecule has 0 bridgehead atoms. The van der Waals surface area contributed by atoms with Gasteiger partial charge in [0.2, 0.25) is 0 Å². The fourth-order valence-electron chi connectivity index (χ4n) is 3.03. The van der Waals surface area contributed by atoms with Gasteiger partial charge in [-0.1, -0.05) is 55.9 Å². The largest absolute Gasteiger partial charge is 0.435 e. The van der Waals surface area contributed by atoms with Gasteiger partial charge in [-0.2, -0.15) is 8.78 Å². The molecule has 0 amide bonds. The molecular formula is C24H21F3O. The van der Waals surface area contributed by atoms with E-state index in [0.717, 1.165) is 18.2 Å². The molecule has 0 atom stereocenters. The Kier molecular flexibility index (Phi) is 6.60. The van der Waals surface area contributed by atoms with Crippen LogP contribution in [0.3, 0.4) is 0 Å². The van der Waals surface area contributed by atoms with Crippen molar-refractivity contribution in [2.24, 2.45) is 0 Å². The molecular weight excluding hydrogens is 361 g/mol. The number of benzene rings is 3. The molecule has 1 nitrogen and oxygen atoms in total. The van der Waals surface area contributed by atoms with E-state index in [4.69, 9.17) is 0 Å². The zero-order valence-electron chi connectivity index (χ0n) is 15.6. The standard InChI is InChI=1S/C24H21F3O/c1-2-3-4-5-18-9-15-22-20(16-18)12-11-19(23(22)25)10-6-17-7-13-21(14-8-17)28-24(26)27/h7-9,11-16,24H,2-5H2,1H3. The van der Waals surface area contributed by atoms with Crippen molar-refractivity contribution in [1.29, 1.82) is 0 Å². The summed E-state index contributed by atoms with van der Waals surface area (Å²) in [5.74, 6) is 5.40. The van der Waals surface area contributed by atoms with Crippen LogP contribution in [0.4, 0.5) is 13.2 Å². The van der Waals surface area contributed by atoms with Gasteiger partial charge in [0.15, 0.2) is 0 Å². The first-order chi connectivity index (χ1) is 13.6. The van der Waals surface area contributed by atoms with Gasteiger partial charge in [-0.25, -0.2) is 4.39 Å². The minimum Gasteiger partial charge on any atom is -0.435 e. The van der Waals surface area contributed by atoms with Crippen molar-refractivity contribution in [2.45, 2.75) is 39.2 Å². The fourth-order valence-corrected chi connectivity index (χ4v) is 3.03. The van der Waals surface area contributed by atoms with E-state index in [1.807, 2.05) is 24.3 Å². The van der Waals surface area contributed by atoms with E-state index in [0.29, 0.717) is 16.5 Å². The second kappa shape index (κ2) is 9.32. The number of hydrogen-bond donors (Lipinski definition) is 0. The van der Waals surface area contributed by atoms with Crippen LogP contribution in [-0.4, -0.2) is 6.61 Å². The zero-order chi connectivity index (χ0) is 19.9. The summed E-state index contributed by atoms with van der Waals surface area (Å²) >= 11 is 0. The van der Waals surface area contributed by atoms with Crippen molar-refractivity contribution in [2.75, 3.05) is 0 Å². The quantitative estimate of drug-likeness (QED) is 0.340. The summed E-state index contributed by atoms with van der Waals surface area (Å²) in [7, 11) is 0. The van der Waals surface area contributed by atoms with E-state index in [-0.39, 0.29) is 11.6 Å². The Morgan fingerprint density at radius 2 is 1.71 bits per heavy atom. The number of ether oxygens (including phenoxy) is 1. The summed E-state index contributed by atoms with van der Waals surface area (Å²) < 4.78 is 43.5. The second-order valence-corrected chi connectivity index (χ2v) is 6.59. The van der Waals surface area contributed by atoms with E-state index in [2.05, 4.69) is 23.5 Å². The summed E-state index contributed by atoms with van der Waals surface area (Å²) in [6.07, 6.45) is 4.50. The first kappa shape index (κ1) is 19.8. The predicted octanol–water partition coefficient (Wildman–Crippen LogP) is 6.71. The van der Waals surface area contributed by atoms with Gasteiger partial charge in [-0.05, 0) is 54.1 Å². The summed E-state index contributed by atoms with van der Waals surface area (Å²) in [6, 6.07) is 15.3. The average Bonchev–Trinajstić information content (AvgIpc) is 2.68. The summed E-state index contributed by atoms with van der Waals surface area (Å²) in [5, 5.41) is 1.41. The van der Waals surface area contributed by atoms with Crippen molar-refractivity contribution in [3.05, 3.63) is 77.1 Å². The highest BCUT2D eigenvalue weighted by Crippen LogP contribution is 2.23. The molecule has 0 unspecified atom stereocenters. The molecule has 28 heavy (non-hydrogen) atoms. The number of unbranched alkanes of at least 4 members (excludes halogenated alkanes) is 2. The first-order valence-corrected chi connectivity index (χ1v) is 9.35. The fraction of sp³-hybridized carbons (Fsp3) is 0.250. The minimum atomic E-state index is -2.87. The van der Waals surface area contributed by atoms with E-state index < -0.39 is 6.61 Å². The van der Waals surface area contributed by atoms with Gasteiger partial charge in [-0.3, -0.25) is 0 Å². The Balaban J connectivity index is 1.79. The topological polar surface area (TPSA) is 9.23 Å². The smallest absolute Gasteiger partial charge is 0.387 e. The number of aryl methyl sites for hydroxylation is 1. The van der Waals surface area contributed by atoms with E-state index in [9.17, 15) is 13.2 Å². The maximum absolute atomic E-state index is 14.8. The molecule has 0 aliphatic heterocycles. The molecule has 0 spiro atoms. The van der Waals surface area contributed by atoms with Gasteiger partial charge in [0.25, 0.3) is 0 Å². The van der Waals surface area contributed by atoms with Gasteiger partial charge in [0, 0.05) is 10.9 Å². The van der Waals surface area contributed by atoms with Crippen LogP contribution in [0.25, 0.3) is 10.8 Å². The van der Waals surface area contributed by atoms with E-state index in [1.165, 1.54) is 30.5 Å². The third-order valence-corrected chi connectivity index (χ3v) is 4.51. The van der Waals surface area contributed by atoms with Crippen molar-refractivity contribution >= 4 is 10.8 Å². The van der Waals surface area contributed by atoms with Crippen LogP contribution in [0.2, 0.25) is 0 Å². The Morgan fingerprint density at radius 3 is 2.43 bits per heavy atom. The highest BCUT2D eigenvalue weighted by molar-refractivity contribution is 5.85. The predicted molar refractivity (Wildman–Crippen MR) is 106 cm³/mol. The second-order valence-electron chi connectivity index (χ2n) is 6.59. The third-order valence-electron chi connectivity index (χ3n) is 4.51. The lowest BCUT2D eigenvalue weighted by Gasteiger charge is -2.06. The number of halogens is 3. The van der Waals surface area contributed by atoms with Crippen LogP contribution >= 0.6 is 0 Å². The molecule has 0 heterocycles. The molecule has 0 saturated carbocycles. The van der Waals surface area contributed by atoms with Crippen LogP contribution in [0.15, 0.2) is 54.6 Å². The molecule has 0 N–H and O–H groups in total. The molecule has 0 aliphatic carbocycles. The number of alkyl halides is 2. The van der Waals surface area contributed by atoms with Crippen LogP contribution in [0.5, 0.6) is 5.75 Å². The number of rotatable bonds is 6. The lowest BCUT2D eigenvalue weighted by molar-refractivity contribution is -0.0498. The molecule has 0 fully saturated rings. The summed E-state index contributed by atoms with van der Waals surface area (Å²) in [4.78, 5) is 0. The van der Waals surface area contributed by atoms with Gasteiger partial charge in [-0.15, -0.1) is 0 Å². The molecule has 3 aromatic carbocycles. The summed E-state index contributed by atoms with van der Waals surface area (Å²) in [5.41, 5.74) is 2.11. The normalized spacial score (nSPS) is 10.8. The summed E-state index contributed by atoms with van der Waals surface area (Å²) in [6.45, 7) is -0.694. The molecule has 144 valence electrons. The van der Waals surface area contributed by atoms with Crippen molar-refractivity contribution in [3.8, 4) is 17.6 Å². The van der Waals surface area contributed by atoms with Crippen LogP contribution in [0, 0.1) is 17.7 Å². The Morgan fingerprint density at radius 1 is 0.929 bits per heavy atom. The zero-order valence-corrected chi connectivity index (χ0v) is 15.6. The molecule has 0 saturated heterocycles. The lowest BCUT2D eigenvalue weighted by Crippen LogP contribution is -2.01. The van der Waals surface area contributed by atoms with Gasteiger partial charge >= 0.3 is 6.61 Å². The van der Waals surface area contributed by atoms with E-state index in [1.54, 1.807) is 18.2 Å². The molecule has 3 aromatic rings. The maximum Gasteiger partial charge on any atom is 0.387 e. The number of fused-ring (bicyclic) bond motifs is 1. The molecule has 0 aromatic heterocycles. The highest BCUT2D eigenvalue weighted by Gasteiger charge is 2.07. The maximum atomic E-state index is 14.8. The SMILES string of the molecule is CCCCCc1ccc2c(F)c(C#Cc3ccc(OC(F)F)cc3)ccc2c1. The third kappa shape index (κ3) is 5.07. The van der Waals surface area contributed by atoms with Gasteiger partial charge in [0.1, 0.15) is 11.6 Å². The molecule has 0 radical (unpaired) electrons. The van der Waals surface area contributed by atoms with Crippen molar-refractivity contribution in [1.82, 2.24) is 0 Å². The van der Waals surface area contributed by atoms with Crippen LogP contribution in [-0.2, 0) is 6.42 Å². The lowest BCUT2D eigenvalue weighted by atomic mass is 10.0. The Bertz CT molecular complexity index is 998. The van der Waals surface area contributed by atoms with Crippen molar-refractivity contribution in [3.63, 3.8) is 0 Å². The molecule has 3 rings (SSSR count). The average molecular weight is 382 g/mol. The monoisotopic (exact) mass is 382 g/mol. The first-order valence-electron chi connectivity index (χ1n) is 9.35.